The molecule has 1 aromatic carbocycles. The molecule has 0 saturated heterocycles. The summed E-state index contributed by atoms with van der Waals surface area (Å²) in [5, 5.41) is 7.65. The Bertz CT molecular complexity index is 520. The Kier molecular flexibility index (Phi) is 4.93. The lowest BCUT2D eigenvalue weighted by Gasteiger charge is -2.32. The quantitative estimate of drug-likeness (QED) is 0.875. The molecule has 4 heteroatoms. The van der Waals surface area contributed by atoms with Gasteiger partial charge in [0.2, 0.25) is 0 Å². The molecule has 0 aliphatic carbocycles. The fourth-order valence-corrected chi connectivity index (χ4v) is 2.59. The monoisotopic (exact) mass is 272 g/mol. The Morgan fingerprint density at radius 2 is 2.00 bits per heavy atom. The first-order valence-electron chi connectivity index (χ1n) is 7.01. The van der Waals surface area contributed by atoms with Crippen LogP contribution in [0, 0.1) is 0 Å². The summed E-state index contributed by atoms with van der Waals surface area (Å²) in [6.45, 7) is 3.16. The van der Waals surface area contributed by atoms with E-state index in [9.17, 15) is 0 Å². The van der Waals surface area contributed by atoms with Gasteiger partial charge in [-0.3, -0.25) is 9.58 Å². The number of aromatic nitrogens is 2. The van der Waals surface area contributed by atoms with Gasteiger partial charge in [-0.1, -0.05) is 30.3 Å². The number of nitrogens with zero attached hydrogens (tertiary/aromatic N) is 3. The third-order valence-electron chi connectivity index (χ3n) is 3.84. The van der Waals surface area contributed by atoms with Crippen molar-refractivity contribution in [2.75, 3.05) is 14.1 Å². The molecular weight excluding hydrogens is 248 g/mol. The third kappa shape index (κ3) is 3.46. The molecule has 0 saturated carbocycles. The van der Waals surface area contributed by atoms with Gasteiger partial charge in [0.15, 0.2) is 0 Å². The van der Waals surface area contributed by atoms with Crippen LogP contribution in [0.4, 0.5) is 0 Å². The number of hydrogen-bond acceptors (Lipinski definition) is 3. The number of likely N-dealkylation sites (N-methyl/N-ethyl adjacent to an activating group) is 2. The second kappa shape index (κ2) is 6.68. The zero-order valence-corrected chi connectivity index (χ0v) is 12.7. The smallest absolute Gasteiger partial charge is 0.0534 e. The molecule has 0 spiro atoms. The number of aryl methyl sites for hydroxylation is 1. The van der Waals surface area contributed by atoms with Gasteiger partial charge in [0.25, 0.3) is 0 Å². The summed E-state index contributed by atoms with van der Waals surface area (Å²) in [6, 6.07) is 11.3. The summed E-state index contributed by atoms with van der Waals surface area (Å²) in [7, 11) is 6.13. The number of rotatable bonds is 6. The van der Waals surface area contributed by atoms with Crippen molar-refractivity contribution in [1.29, 1.82) is 0 Å². The zero-order chi connectivity index (χ0) is 14.5. The largest absolute Gasteiger partial charge is 0.312 e. The van der Waals surface area contributed by atoms with Crippen LogP contribution in [0.1, 0.15) is 24.1 Å². The highest BCUT2D eigenvalue weighted by atomic mass is 15.2. The predicted molar refractivity (Wildman–Crippen MR) is 82.4 cm³/mol. The Hall–Kier alpha value is -1.65. The van der Waals surface area contributed by atoms with Gasteiger partial charge in [0, 0.05) is 37.4 Å². The summed E-state index contributed by atoms with van der Waals surface area (Å²) in [4.78, 5) is 2.35. The first kappa shape index (κ1) is 14.8. The minimum Gasteiger partial charge on any atom is -0.312 e. The second-order valence-corrected chi connectivity index (χ2v) is 5.36. The van der Waals surface area contributed by atoms with Crippen LogP contribution in [-0.4, -0.2) is 34.8 Å². The maximum Gasteiger partial charge on any atom is 0.0534 e. The summed E-state index contributed by atoms with van der Waals surface area (Å²) in [6.07, 6.45) is 4.00. The first-order chi connectivity index (χ1) is 9.61. The first-order valence-corrected chi connectivity index (χ1v) is 7.01. The molecular formula is C16H24N4. The maximum absolute atomic E-state index is 4.23. The SMILES string of the molecule is CNC(c1ccccc1)C(C)N(C)Cc1cnn(C)c1. The molecule has 1 N–H and O–H groups in total. The van der Waals surface area contributed by atoms with Crippen molar-refractivity contribution in [3.05, 3.63) is 53.9 Å². The molecule has 0 bridgehead atoms. The standard InChI is InChI=1S/C16H24N4/c1-13(16(17-2)15-8-6-5-7-9-15)19(3)11-14-10-18-20(4)12-14/h5-10,12-13,16-17H,11H2,1-4H3. The average molecular weight is 272 g/mol. The zero-order valence-electron chi connectivity index (χ0n) is 12.7. The van der Waals surface area contributed by atoms with Gasteiger partial charge in [-0.25, -0.2) is 0 Å². The van der Waals surface area contributed by atoms with Crippen LogP contribution in [-0.2, 0) is 13.6 Å². The van der Waals surface area contributed by atoms with E-state index in [0.717, 1.165) is 6.54 Å². The van der Waals surface area contributed by atoms with Crippen LogP contribution in [0.3, 0.4) is 0 Å². The summed E-state index contributed by atoms with van der Waals surface area (Å²) in [5.41, 5.74) is 2.56. The second-order valence-electron chi connectivity index (χ2n) is 5.36. The topological polar surface area (TPSA) is 33.1 Å². The lowest BCUT2D eigenvalue weighted by molar-refractivity contribution is 0.204. The van der Waals surface area contributed by atoms with Crippen LogP contribution >= 0.6 is 0 Å². The van der Waals surface area contributed by atoms with Gasteiger partial charge in [0.05, 0.1) is 6.20 Å². The van der Waals surface area contributed by atoms with Gasteiger partial charge in [-0.15, -0.1) is 0 Å². The van der Waals surface area contributed by atoms with E-state index in [1.807, 2.05) is 25.0 Å². The van der Waals surface area contributed by atoms with Gasteiger partial charge in [0.1, 0.15) is 0 Å². The van der Waals surface area contributed by atoms with Crippen LogP contribution in [0.2, 0.25) is 0 Å². The van der Waals surface area contributed by atoms with Crippen molar-refractivity contribution >= 4 is 0 Å². The summed E-state index contributed by atoms with van der Waals surface area (Å²) >= 11 is 0. The molecule has 1 aromatic heterocycles. The van der Waals surface area contributed by atoms with Crippen molar-refractivity contribution in [2.24, 2.45) is 7.05 Å². The number of hydrogen-bond donors (Lipinski definition) is 1. The van der Waals surface area contributed by atoms with E-state index in [1.165, 1.54) is 11.1 Å². The Morgan fingerprint density at radius 1 is 1.30 bits per heavy atom. The van der Waals surface area contributed by atoms with Crippen LogP contribution in [0.15, 0.2) is 42.7 Å². The third-order valence-corrected chi connectivity index (χ3v) is 3.84. The Morgan fingerprint density at radius 3 is 2.55 bits per heavy atom. The highest BCUT2D eigenvalue weighted by molar-refractivity contribution is 5.20. The molecule has 108 valence electrons. The van der Waals surface area contributed by atoms with E-state index in [1.54, 1.807) is 0 Å². The van der Waals surface area contributed by atoms with E-state index < -0.39 is 0 Å². The number of nitrogens with one attached hydrogen (secondary N) is 1. The van der Waals surface area contributed by atoms with Crippen molar-refractivity contribution in [1.82, 2.24) is 20.0 Å². The van der Waals surface area contributed by atoms with E-state index in [0.29, 0.717) is 12.1 Å². The molecule has 0 fully saturated rings. The van der Waals surface area contributed by atoms with E-state index >= 15 is 0 Å². The van der Waals surface area contributed by atoms with Crippen molar-refractivity contribution < 1.29 is 0 Å². The molecule has 2 rings (SSSR count). The Labute approximate surface area is 121 Å². The fourth-order valence-electron chi connectivity index (χ4n) is 2.59. The van der Waals surface area contributed by atoms with Crippen LogP contribution in [0.25, 0.3) is 0 Å². The van der Waals surface area contributed by atoms with E-state index in [2.05, 4.69) is 65.8 Å². The minimum absolute atomic E-state index is 0.317. The maximum atomic E-state index is 4.23. The highest BCUT2D eigenvalue weighted by Crippen LogP contribution is 2.20. The van der Waals surface area contributed by atoms with Gasteiger partial charge < -0.3 is 5.32 Å². The molecule has 1 heterocycles. The van der Waals surface area contributed by atoms with Crippen molar-refractivity contribution in [3.8, 4) is 0 Å². The lowest BCUT2D eigenvalue weighted by atomic mass is 9.99. The summed E-state index contributed by atoms with van der Waals surface area (Å²) in [5.74, 6) is 0. The fraction of sp³-hybridized carbons (Fsp3) is 0.438. The van der Waals surface area contributed by atoms with Gasteiger partial charge in [-0.05, 0) is 26.6 Å². The molecule has 2 unspecified atom stereocenters. The average Bonchev–Trinajstić information content (AvgIpc) is 2.86. The van der Waals surface area contributed by atoms with Gasteiger partial charge in [-0.2, -0.15) is 5.10 Å². The molecule has 0 radical (unpaired) electrons. The molecule has 20 heavy (non-hydrogen) atoms. The molecule has 0 aliphatic heterocycles. The minimum atomic E-state index is 0.317. The van der Waals surface area contributed by atoms with Crippen molar-refractivity contribution in [2.45, 2.75) is 25.6 Å². The van der Waals surface area contributed by atoms with Crippen molar-refractivity contribution in [3.63, 3.8) is 0 Å². The van der Waals surface area contributed by atoms with Crippen LogP contribution < -0.4 is 5.32 Å². The molecule has 4 nitrogen and oxygen atoms in total. The molecule has 0 aliphatic rings. The van der Waals surface area contributed by atoms with Crippen LogP contribution in [0.5, 0.6) is 0 Å². The van der Waals surface area contributed by atoms with Gasteiger partial charge >= 0.3 is 0 Å². The highest BCUT2D eigenvalue weighted by Gasteiger charge is 2.21. The Balaban J connectivity index is 2.06. The van der Waals surface area contributed by atoms with E-state index in [4.69, 9.17) is 0 Å². The number of benzene rings is 1. The molecule has 2 atom stereocenters. The lowest BCUT2D eigenvalue weighted by Crippen LogP contribution is -2.39. The molecule has 2 aromatic rings. The van der Waals surface area contributed by atoms with E-state index in [-0.39, 0.29) is 0 Å². The normalized spacial score (nSPS) is 14.4. The molecule has 0 amide bonds. The summed E-state index contributed by atoms with van der Waals surface area (Å²) < 4.78 is 1.85. The predicted octanol–water partition coefficient (Wildman–Crippen LogP) is 2.20.